The molecule has 0 aliphatic carbocycles. The van der Waals surface area contributed by atoms with Gasteiger partial charge in [0.25, 0.3) is 5.56 Å². The van der Waals surface area contributed by atoms with Crippen LogP contribution < -0.4 is 5.56 Å². The van der Waals surface area contributed by atoms with Gasteiger partial charge in [0.05, 0.1) is 10.9 Å². The van der Waals surface area contributed by atoms with E-state index in [1.54, 1.807) is 6.07 Å². The lowest BCUT2D eigenvalue weighted by Gasteiger charge is -2.09. The second kappa shape index (κ2) is 4.34. The van der Waals surface area contributed by atoms with Crippen LogP contribution in [0.5, 0.6) is 5.75 Å². The average Bonchev–Trinajstić information content (AvgIpc) is 2.45. The largest absolute Gasteiger partial charge is 0.506 e. The maximum absolute atomic E-state index is 13.3. The van der Waals surface area contributed by atoms with E-state index in [1.165, 1.54) is 30.5 Å². The lowest BCUT2D eigenvalue weighted by Crippen LogP contribution is -2.20. The molecule has 20 heavy (non-hydrogen) atoms. The van der Waals surface area contributed by atoms with Crippen LogP contribution in [0.2, 0.25) is 0 Å². The van der Waals surface area contributed by atoms with Gasteiger partial charge in [-0.2, -0.15) is 0 Å². The van der Waals surface area contributed by atoms with Crippen LogP contribution in [-0.4, -0.2) is 20.0 Å². The summed E-state index contributed by atoms with van der Waals surface area (Å²) in [7, 11) is 0. The van der Waals surface area contributed by atoms with Crippen molar-refractivity contribution in [3.05, 3.63) is 58.8 Å². The summed E-state index contributed by atoms with van der Waals surface area (Å²) in [5, 5.41) is 20.2. The van der Waals surface area contributed by atoms with Crippen LogP contribution in [0.1, 0.15) is 0 Å². The highest BCUT2D eigenvalue weighted by Crippen LogP contribution is 2.31. The molecule has 3 rings (SSSR count). The number of fused-ring (bicyclic) bond motifs is 1. The van der Waals surface area contributed by atoms with Crippen molar-refractivity contribution in [2.45, 2.75) is 0 Å². The van der Waals surface area contributed by atoms with Crippen molar-refractivity contribution >= 4 is 11.0 Å². The van der Waals surface area contributed by atoms with Crippen molar-refractivity contribution in [3.63, 3.8) is 0 Å². The number of benzene rings is 1. The molecule has 0 aliphatic rings. The molecule has 1 aromatic carbocycles. The molecule has 0 amide bonds. The first-order chi connectivity index (χ1) is 9.59. The molecule has 0 radical (unpaired) electrons. The Balaban J connectivity index is 2.46. The Morgan fingerprint density at radius 2 is 2.00 bits per heavy atom. The molecule has 0 unspecified atom stereocenters. The smallest absolute Gasteiger partial charge is 0.296 e. The highest BCUT2D eigenvalue weighted by Gasteiger charge is 2.18. The second-order valence-electron chi connectivity index (χ2n) is 4.23. The minimum absolute atomic E-state index is 0.0600. The van der Waals surface area contributed by atoms with Crippen LogP contribution in [0.25, 0.3) is 22.2 Å². The average molecular weight is 272 g/mol. The Morgan fingerprint density at radius 1 is 1.20 bits per heavy atom. The zero-order valence-corrected chi connectivity index (χ0v) is 10.1. The van der Waals surface area contributed by atoms with Gasteiger partial charge >= 0.3 is 0 Å². The molecule has 6 heteroatoms. The summed E-state index contributed by atoms with van der Waals surface area (Å²) in [6.45, 7) is 0. The Kier molecular flexibility index (Phi) is 2.64. The topological polar surface area (TPSA) is 75.3 Å². The number of aromatic nitrogens is 2. The molecule has 0 fully saturated rings. The summed E-state index contributed by atoms with van der Waals surface area (Å²) in [4.78, 5) is 15.9. The number of aromatic hydroxyl groups is 1. The third kappa shape index (κ3) is 1.70. The van der Waals surface area contributed by atoms with Gasteiger partial charge in [-0.3, -0.25) is 4.79 Å². The van der Waals surface area contributed by atoms with Crippen LogP contribution in [0.4, 0.5) is 4.39 Å². The molecule has 0 atom stereocenters. The summed E-state index contributed by atoms with van der Waals surface area (Å²) >= 11 is 0. The van der Waals surface area contributed by atoms with Crippen LogP contribution >= 0.6 is 0 Å². The highest BCUT2D eigenvalue weighted by atomic mass is 19.1. The molecule has 0 bridgehead atoms. The van der Waals surface area contributed by atoms with Crippen molar-refractivity contribution in [1.82, 2.24) is 9.71 Å². The van der Waals surface area contributed by atoms with Crippen molar-refractivity contribution in [2.24, 2.45) is 0 Å². The predicted octanol–water partition coefficient (Wildman–Crippen LogP) is 2.15. The summed E-state index contributed by atoms with van der Waals surface area (Å²) < 4.78 is 13.6. The zero-order chi connectivity index (χ0) is 14.3. The Hall–Kier alpha value is -2.89. The van der Waals surface area contributed by atoms with Gasteiger partial charge in [-0.1, -0.05) is 12.1 Å². The fraction of sp³-hybridized carbons (Fsp3) is 0. The monoisotopic (exact) mass is 272 g/mol. The summed E-state index contributed by atoms with van der Waals surface area (Å²) in [6, 6.07) is 8.29. The molecule has 0 spiro atoms. The van der Waals surface area contributed by atoms with E-state index in [0.29, 0.717) is 4.73 Å². The quantitative estimate of drug-likeness (QED) is 0.665. The third-order valence-electron chi connectivity index (χ3n) is 3.00. The van der Waals surface area contributed by atoms with Gasteiger partial charge in [-0.25, -0.2) is 9.37 Å². The number of hydrogen-bond donors (Lipinski definition) is 2. The molecule has 5 nitrogen and oxygen atoms in total. The van der Waals surface area contributed by atoms with Crippen LogP contribution in [-0.2, 0) is 0 Å². The van der Waals surface area contributed by atoms with E-state index in [1.807, 2.05) is 0 Å². The summed E-state index contributed by atoms with van der Waals surface area (Å²) in [6.07, 6.45) is 1.38. The number of halogens is 1. The van der Waals surface area contributed by atoms with E-state index in [2.05, 4.69) is 4.98 Å². The predicted molar refractivity (Wildman–Crippen MR) is 70.2 cm³/mol. The molecule has 2 aromatic heterocycles. The molecule has 0 aliphatic heterocycles. The zero-order valence-electron chi connectivity index (χ0n) is 10.1. The fourth-order valence-electron chi connectivity index (χ4n) is 2.09. The van der Waals surface area contributed by atoms with Gasteiger partial charge in [0.2, 0.25) is 0 Å². The van der Waals surface area contributed by atoms with E-state index in [0.717, 1.165) is 6.07 Å². The van der Waals surface area contributed by atoms with Crippen LogP contribution in [0.15, 0.2) is 47.4 Å². The minimum atomic E-state index is -0.862. The number of nitrogens with zero attached hydrogens (tertiary/aromatic N) is 2. The number of rotatable bonds is 1. The number of hydrogen-bond acceptors (Lipinski definition) is 4. The van der Waals surface area contributed by atoms with Crippen molar-refractivity contribution in [3.8, 4) is 16.9 Å². The van der Waals surface area contributed by atoms with Gasteiger partial charge in [-0.15, -0.1) is 4.73 Å². The summed E-state index contributed by atoms with van der Waals surface area (Å²) in [5.41, 5.74) is -0.914. The first-order valence-electron chi connectivity index (χ1n) is 5.77. The summed E-state index contributed by atoms with van der Waals surface area (Å²) in [5.74, 6) is -0.883. The molecular formula is C14H9FN2O3. The molecule has 2 heterocycles. The van der Waals surface area contributed by atoms with E-state index in [-0.39, 0.29) is 27.9 Å². The molecule has 0 saturated heterocycles. The molecule has 0 saturated carbocycles. The van der Waals surface area contributed by atoms with E-state index < -0.39 is 11.4 Å². The highest BCUT2D eigenvalue weighted by molar-refractivity contribution is 5.89. The van der Waals surface area contributed by atoms with Crippen molar-refractivity contribution < 1.29 is 14.7 Å². The first kappa shape index (κ1) is 12.2. The van der Waals surface area contributed by atoms with E-state index in [4.69, 9.17) is 0 Å². The normalized spacial score (nSPS) is 10.8. The SMILES string of the molecule is O=c1c(-c2cccc(F)c2)c(O)c2cccnc2n1O. The van der Waals surface area contributed by atoms with Gasteiger partial charge in [0.15, 0.2) is 5.65 Å². The fourth-order valence-corrected chi connectivity index (χ4v) is 2.09. The maximum atomic E-state index is 13.3. The van der Waals surface area contributed by atoms with Crippen molar-refractivity contribution in [2.75, 3.05) is 0 Å². The van der Waals surface area contributed by atoms with Gasteiger partial charge in [0.1, 0.15) is 11.6 Å². The van der Waals surface area contributed by atoms with Crippen LogP contribution in [0, 0.1) is 5.82 Å². The lowest BCUT2D eigenvalue weighted by atomic mass is 10.0. The van der Waals surface area contributed by atoms with E-state index in [9.17, 15) is 19.5 Å². The molecule has 2 N–H and O–H groups in total. The first-order valence-corrected chi connectivity index (χ1v) is 5.77. The Labute approximate surface area is 112 Å². The maximum Gasteiger partial charge on any atom is 0.296 e. The molecule has 100 valence electrons. The Morgan fingerprint density at radius 3 is 2.75 bits per heavy atom. The molecular weight excluding hydrogens is 263 g/mol. The molecule has 3 aromatic rings. The minimum Gasteiger partial charge on any atom is -0.506 e. The van der Waals surface area contributed by atoms with Gasteiger partial charge in [-0.05, 0) is 29.8 Å². The lowest BCUT2D eigenvalue weighted by molar-refractivity contribution is 0.186. The Bertz CT molecular complexity index is 874. The van der Waals surface area contributed by atoms with Crippen molar-refractivity contribution in [1.29, 1.82) is 0 Å². The van der Waals surface area contributed by atoms with Gasteiger partial charge in [0, 0.05) is 6.20 Å². The second-order valence-corrected chi connectivity index (χ2v) is 4.23. The standard InChI is InChI=1S/C14H9FN2O3/c15-9-4-1-3-8(7-9)11-12(18)10-5-2-6-16-13(10)17(20)14(11)19/h1-7,18,20H. The van der Waals surface area contributed by atoms with Gasteiger partial charge < -0.3 is 10.3 Å². The number of pyridine rings is 2. The third-order valence-corrected chi connectivity index (χ3v) is 3.00. The van der Waals surface area contributed by atoms with Crippen LogP contribution in [0.3, 0.4) is 0 Å². The van der Waals surface area contributed by atoms with E-state index >= 15 is 0 Å².